The number of rotatable bonds is 7. The van der Waals surface area contributed by atoms with Crippen LogP contribution in [0.3, 0.4) is 0 Å². The number of methoxy groups -OCH3 is 1. The third-order valence-corrected chi connectivity index (χ3v) is 7.46. The van der Waals surface area contributed by atoms with Crippen LogP contribution in [0.4, 0.5) is 0 Å². The van der Waals surface area contributed by atoms with E-state index in [0.717, 1.165) is 22.0 Å². The average molecular weight is 530 g/mol. The smallest absolute Gasteiger partial charge is 0.338 e. The summed E-state index contributed by atoms with van der Waals surface area (Å²) in [7, 11) is 1.34. The van der Waals surface area contributed by atoms with Crippen LogP contribution in [0.5, 0.6) is 0 Å². The lowest BCUT2D eigenvalue weighted by Crippen LogP contribution is -2.40. The van der Waals surface area contributed by atoms with Crippen molar-refractivity contribution in [3.63, 3.8) is 0 Å². The van der Waals surface area contributed by atoms with Crippen LogP contribution in [-0.4, -0.2) is 34.8 Å². The summed E-state index contributed by atoms with van der Waals surface area (Å²) < 4.78 is 14.1. The van der Waals surface area contributed by atoms with Gasteiger partial charge in [-0.05, 0) is 31.1 Å². The normalized spacial score (nSPS) is 15.3. The second-order valence-electron chi connectivity index (χ2n) is 8.73. The molecule has 0 aliphatic carbocycles. The molecule has 1 aliphatic heterocycles. The van der Waals surface area contributed by atoms with Crippen LogP contribution in [0.2, 0.25) is 0 Å². The zero-order valence-corrected chi connectivity index (χ0v) is 22.2. The quantitative estimate of drug-likeness (QED) is 0.343. The molecule has 0 radical (unpaired) electrons. The molecule has 0 N–H and O–H groups in total. The second-order valence-corrected chi connectivity index (χ2v) is 9.74. The van der Waals surface area contributed by atoms with Gasteiger partial charge >= 0.3 is 11.9 Å². The van der Waals surface area contributed by atoms with Gasteiger partial charge in [-0.2, -0.15) is 0 Å². The van der Waals surface area contributed by atoms with E-state index >= 15 is 0 Å². The van der Waals surface area contributed by atoms with Gasteiger partial charge < -0.3 is 14.0 Å². The minimum absolute atomic E-state index is 0.0692. The molecule has 194 valence electrons. The molecule has 9 heteroatoms. The number of benzene rings is 2. The molecule has 0 spiro atoms. The van der Waals surface area contributed by atoms with Crippen molar-refractivity contribution in [1.82, 2.24) is 9.13 Å². The van der Waals surface area contributed by atoms with Crippen LogP contribution in [0.1, 0.15) is 37.4 Å². The SMILES string of the molecule is CCOC(=O)Cn1cc(/C=c2/sc3n(c2=O)[C@@H](c2ccccc2)C(C(=O)OC)=C(CC)N=3)c2ccccc21. The van der Waals surface area contributed by atoms with Gasteiger partial charge in [-0.25, -0.2) is 9.79 Å². The Bertz CT molecular complexity index is 1740. The summed E-state index contributed by atoms with van der Waals surface area (Å²) in [6, 6.07) is 16.5. The van der Waals surface area contributed by atoms with E-state index in [4.69, 9.17) is 14.5 Å². The topological polar surface area (TPSA) is 91.9 Å². The van der Waals surface area contributed by atoms with Crippen molar-refractivity contribution >= 4 is 40.3 Å². The maximum atomic E-state index is 13.9. The van der Waals surface area contributed by atoms with E-state index in [1.165, 1.54) is 18.4 Å². The summed E-state index contributed by atoms with van der Waals surface area (Å²) in [6.07, 6.45) is 4.19. The molecule has 0 saturated carbocycles. The van der Waals surface area contributed by atoms with E-state index < -0.39 is 12.0 Å². The lowest BCUT2D eigenvalue weighted by molar-refractivity contribution is -0.143. The van der Waals surface area contributed by atoms with Crippen LogP contribution in [0, 0.1) is 0 Å². The fraction of sp³-hybridized carbons (Fsp3) is 0.241. The molecule has 2 aromatic carbocycles. The summed E-state index contributed by atoms with van der Waals surface area (Å²) in [5, 5.41) is 0.909. The van der Waals surface area contributed by atoms with Gasteiger partial charge in [0, 0.05) is 22.7 Å². The molecule has 0 amide bonds. The van der Waals surface area contributed by atoms with E-state index in [1.807, 2.05) is 78.4 Å². The standard InChI is InChI=1S/C29H27N3O5S/c1-4-21-25(28(35)36-3)26(18-11-7-6-8-12-18)32-27(34)23(38-29(32)30-21)15-19-16-31(17-24(33)37-5-2)22-14-10-9-13-20(19)22/h6-16,26H,4-5,17H2,1-3H3/b23-15+/t26-/m0/s1. The second kappa shape index (κ2) is 10.6. The van der Waals surface area contributed by atoms with Crippen LogP contribution in [0.25, 0.3) is 17.0 Å². The fourth-order valence-electron chi connectivity index (χ4n) is 4.82. The van der Waals surface area contributed by atoms with Crippen LogP contribution < -0.4 is 14.9 Å². The zero-order chi connectivity index (χ0) is 26.8. The van der Waals surface area contributed by atoms with Crippen LogP contribution in [-0.2, 0) is 25.6 Å². The molecule has 2 aromatic heterocycles. The summed E-state index contributed by atoms with van der Waals surface area (Å²) in [5.74, 6) is -0.833. The Morgan fingerprint density at radius 3 is 2.53 bits per heavy atom. The number of aromatic nitrogens is 2. The first-order chi connectivity index (χ1) is 18.5. The molecule has 8 nitrogen and oxygen atoms in total. The van der Waals surface area contributed by atoms with Crippen molar-refractivity contribution in [3.05, 3.63) is 103 Å². The molecular formula is C29H27N3O5S. The Morgan fingerprint density at radius 2 is 1.82 bits per heavy atom. The van der Waals surface area contributed by atoms with E-state index in [-0.39, 0.29) is 18.1 Å². The number of carbonyl (C=O) groups is 2. The molecule has 0 fully saturated rings. The van der Waals surface area contributed by atoms with Gasteiger partial charge in [0.05, 0.1) is 35.6 Å². The molecule has 1 atom stereocenters. The lowest BCUT2D eigenvalue weighted by Gasteiger charge is -2.25. The summed E-state index contributed by atoms with van der Waals surface area (Å²) in [6.45, 7) is 4.08. The lowest BCUT2D eigenvalue weighted by atomic mass is 9.95. The molecule has 0 saturated heterocycles. The number of carbonyl (C=O) groups excluding carboxylic acids is 2. The monoisotopic (exact) mass is 529 g/mol. The number of esters is 2. The summed E-state index contributed by atoms with van der Waals surface area (Å²) >= 11 is 1.28. The van der Waals surface area contributed by atoms with Gasteiger partial charge in [0.15, 0.2) is 4.80 Å². The largest absolute Gasteiger partial charge is 0.466 e. The van der Waals surface area contributed by atoms with Gasteiger partial charge in [0.1, 0.15) is 6.54 Å². The minimum atomic E-state index is -0.651. The molecule has 3 heterocycles. The Labute approximate surface area is 222 Å². The number of thiazole rings is 1. The van der Waals surface area contributed by atoms with Crippen molar-refractivity contribution < 1.29 is 19.1 Å². The maximum absolute atomic E-state index is 13.9. The Hall–Kier alpha value is -4.24. The zero-order valence-electron chi connectivity index (χ0n) is 21.3. The highest BCUT2D eigenvalue weighted by Crippen LogP contribution is 2.31. The van der Waals surface area contributed by atoms with Gasteiger partial charge in [0.2, 0.25) is 0 Å². The van der Waals surface area contributed by atoms with Crippen LogP contribution in [0.15, 0.2) is 81.9 Å². The van der Waals surface area contributed by atoms with E-state index in [0.29, 0.717) is 33.6 Å². The van der Waals surface area contributed by atoms with E-state index in [2.05, 4.69) is 0 Å². The minimum Gasteiger partial charge on any atom is -0.466 e. The number of nitrogens with zero attached hydrogens (tertiary/aromatic N) is 3. The highest BCUT2D eigenvalue weighted by atomic mass is 32.1. The van der Waals surface area contributed by atoms with Gasteiger partial charge in [-0.3, -0.25) is 14.2 Å². The molecule has 5 rings (SSSR count). The number of allylic oxidation sites excluding steroid dienone is 1. The number of ether oxygens (including phenoxy) is 2. The van der Waals surface area contributed by atoms with Crippen molar-refractivity contribution in [2.45, 2.75) is 32.9 Å². The van der Waals surface area contributed by atoms with Crippen molar-refractivity contribution in [3.8, 4) is 0 Å². The van der Waals surface area contributed by atoms with Gasteiger partial charge in [0.25, 0.3) is 5.56 Å². The molecular weight excluding hydrogens is 502 g/mol. The van der Waals surface area contributed by atoms with Crippen LogP contribution >= 0.6 is 11.3 Å². The van der Waals surface area contributed by atoms with Crippen molar-refractivity contribution in [2.75, 3.05) is 13.7 Å². The highest BCUT2D eigenvalue weighted by molar-refractivity contribution is 7.07. The number of hydrogen-bond acceptors (Lipinski definition) is 7. The van der Waals surface area contributed by atoms with Gasteiger partial charge in [-0.15, -0.1) is 0 Å². The molecule has 4 aromatic rings. The Balaban J connectivity index is 1.71. The molecule has 0 bridgehead atoms. The molecule has 38 heavy (non-hydrogen) atoms. The Kier molecular flexibility index (Phi) is 7.11. The highest BCUT2D eigenvalue weighted by Gasteiger charge is 2.33. The van der Waals surface area contributed by atoms with Gasteiger partial charge in [-0.1, -0.05) is 66.8 Å². The number of para-hydroxylation sites is 1. The summed E-state index contributed by atoms with van der Waals surface area (Å²) in [4.78, 5) is 44.2. The third kappa shape index (κ3) is 4.50. The predicted octanol–water partition coefficient (Wildman–Crippen LogP) is 3.32. The fourth-order valence-corrected chi connectivity index (χ4v) is 5.83. The Morgan fingerprint density at radius 1 is 1.08 bits per heavy atom. The first-order valence-electron chi connectivity index (χ1n) is 12.4. The summed E-state index contributed by atoms with van der Waals surface area (Å²) in [5.41, 5.74) is 3.18. The predicted molar refractivity (Wildman–Crippen MR) is 145 cm³/mol. The number of fused-ring (bicyclic) bond motifs is 2. The molecule has 1 aliphatic rings. The molecule has 0 unspecified atom stereocenters. The van der Waals surface area contributed by atoms with E-state index in [9.17, 15) is 14.4 Å². The third-order valence-electron chi connectivity index (χ3n) is 6.48. The van der Waals surface area contributed by atoms with Crippen molar-refractivity contribution in [2.24, 2.45) is 4.99 Å². The van der Waals surface area contributed by atoms with Crippen molar-refractivity contribution in [1.29, 1.82) is 0 Å². The van der Waals surface area contributed by atoms with E-state index in [1.54, 1.807) is 11.5 Å². The maximum Gasteiger partial charge on any atom is 0.338 e. The number of hydrogen-bond donors (Lipinski definition) is 0. The first kappa shape index (κ1) is 25.4. The average Bonchev–Trinajstić information content (AvgIpc) is 3.44. The first-order valence-corrected chi connectivity index (χ1v) is 13.2.